The van der Waals surface area contributed by atoms with Crippen LogP contribution in [0, 0.1) is 0 Å². The molecule has 17 heavy (non-hydrogen) atoms. The maximum atomic E-state index is 5.86. The highest BCUT2D eigenvalue weighted by Gasteiger charge is 2.41. The molecule has 2 unspecified atom stereocenters. The maximum absolute atomic E-state index is 5.86. The Morgan fingerprint density at radius 2 is 2.35 bits per heavy atom. The van der Waals surface area contributed by atoms with Gasteiger partial charge in [-0.1, -0.05) is 0 Å². The van der Waals surface area contributed by atoms with Crippen molar-refractivity contribution in [2.45, 2.75) is 31.0 Å². The Labute approximate surface area is 114 Å². The standard InChI is InChI=1S/C12H17BrN2OS/c13-8-5-11(17-7-8)12-10(6-14)16-4-3-15(12)9-1-2-9/h5,7,9-10,12H,1-4,6,14H2. The molecule has 1 aliphatic heterocycles. The number of rotatable bonds is 3. The van der Waals surface area contributed by atoms with Crippen molar-refractivity contribution in [3.05, 3.63) is 20.8 Å². The van der Waals surface area contributed by atoms with Gasteiger partial charge in [0.2, 0.25) is 0 Å². The Balaban J connectivity index is 1.88. The molecule has 1 saturated carbocycles. The second kappa shape index (κ2) is 4.97. The highest BCUT2D eigenvalue weighted by Crippen LogP contribution is 2.41. The molecule has 94 valence electrons. The molecular weight excluding hydrogens is 300 g/mol. The monoisotopic (exact) mass is 316 g/mol. The summed E-state index contributed by atoms with van der Waals surface area (Å²) in [6.07, 6.45) is 2.82. The van der Waals surface area contributed by atoms with Crippen molar-refractivity contribution in [3.63, 3.8) is 0 Å². The van der Waals surface area contributed by atoms with E-state index in [9.17, 15) is 0 Å². The lowest BCUT2D eigenvalue weighted by atomic mass is 10.1. The van der Waals surface area contributed by atoms with Crippen LogP contribution < -0.4 is 5.73 Å². The van der Waals surface area contributed by atoms with Gasteiger partial charge in [-0.3, -0.25) is 4.90 Å². The van der Waals surface area contributed by atoms with Crippen LogP contribution in [0.5, 0.6) is 0 Å². The zero-order valence-corrected chi connectivity index (χ0v) is 12.0. The van der Waals surface area contributed by atoms with Crippen LogP contribution in [0.1, 0.15) is 23.8 Å². The Bertz CT molecular complexity index is 394. The minimum Gasteiger partial charge on any atom is -0.374 e. The van der Waals surface area contributed by atoms with Crippen molar-refractivity contribution in [2.75, 3.05) is 19.7 Å². The van der Waals surface area contributed by atoms with E-state index in [4.69, 9.17) is 10.5 Å². The number of ether oxygens (including phenoxy) is 1. The number of nitrogens with zero attached hydrogens (tertiary/aromatic N) is 1. The molecule has 2 fully saturated rings. The van der Waals surface area contributed by atoms with E-state index in [1.807, 2.05) is 0 Å². The van der Waals surface area contributed by atoms with Crippen LogP contribution in [0.4, 0.5) is 0 Å². The molecule has 5 heteroatoms. The van der Waals surface area contributed by atoms with E-state index in [-0.39, 0.29) is 6.10 Å². The molecule has 0 aromatic carbocycles. The number of morpholine rings is 1. The topological polar surface area (TPSA) is 38.5 Å². The summed E-state index contributed by atoms with van der Waals surface area (Å²) in [5.74, 6) is 0. The fraction of sp³-hybridized carbons (Fsp3) is 0.667. The fourth-order valence-electron chi connectivity index (χ4n) is 2.60. The third-order valence-electron chi connectivity index (χ3n) is 3.52. The third kappa shape index (κ3) is 2.44. The molecule has 3 rings (SSSR count). The molecule has 0 spiro atoms. The number of hydrogen-bond acceptors (Lipinski definition) is 4. The summed E-state index contributed by atoms with van der Waals surface area (Å²) in [7, 11) is 0. The molecule has 0 radical (unpaired) electrons. The molecule has 0 bridgehead atoms. The lowest BCUT2D eigenvalue weighted by molar-refractivity contribution is -0.0700. The number of hydrogen-bond donors (Lipinski definition) is 1. The zero-order valence-electron chi connectivity index (χ0n) is 9.64. The van der Waals surface area contributed by atoms with Crippen LogP contribution in [0.2, 0.25) is 0 Å². The summed E-state index contributed by atoms with van der Waals surface area (Å²) in [5, 5.41) is 2.14. The average Bonchev–Trinajstić information content (AvgIpc) is 3.11. The van der Waals surface area contributed by atoms with Gasteiger partial charge < -0.3 is 10.5 Å². The molecule has 2 atom stereocenters. The van der Waals surface area contributed by atoms with Crippen LogP contribution >= 0.6 is 27.3 Å². The van der Waals surface area contributed by atoms with E-state index < -0.39 is 0 Å². The summed E-state index contributed by atoms with van der Waals surface area (Å²) in [4.78, 5) is 3.97. The van der Waals surface area contributed by atoms with Crippen molar-refractivity contribution in [2.24, 2.45) is 5.73 Å². The normalized spacial score (nSPS) is 30.7. The van der Waals surface area contributed by atoms with Gasteiger partial charge in [0.05, 0.1) is 18.8 Å². The minimum atomic E-state index is 0.148. The number of thiophene rings is 1. The van der Waals surface area contributed by atoms with E-state index in [0.717, 1.165) is 23.7 Å². The lowest BCUT2D eigenvalue weighted by Gasteiger charge is -2.40. The fourth-order valence-corrected chi connectivity index (χ4v) is 4.21. The Morgan fingerprint density at radius 3 is 2.94 bits per heavy atom. The average molecular weight is 317 g/mol. The predicted octanol–water partition coefficient (Wildman–Crippen LogP) is 2.37. The van der Waals surface area contributed by atoms with Crippen LogP contribution in [0.15, 0.2) is 15.9 Å². The van der Waals surface area contributed by atoms with Crippen molar-refractivity contribution in [1.29, 1.82) is 0 Å². The van der Waals surface area contributed by atoms with Gasteiger partial charge in [0.25, 0.3) is 0 Å². The van der Waals surface area contributed by atoms with Crippen LogP contribution in [-0.4, -0.2) is 36.7 Å². The Morgan fingerprint density at radius 1 is 1.53 bits per heavy atom. The first-order valence-electron chi connectivity index (χ1n) is 6.11. The van der Waals surface area contributed by atoms with Gasteiger partial charge in [-0.25, -0.2) is 0 Å². The van der Waals surface area contributed by atoms with Crippen LogP contribution in [-0.2, 0) is 4.74 Å². The summed E-state index contributed by atoms with van der Waals surface area (Å²) in [5.41, 5.74) is 5.86. The first kappa shape index (κ1) is 12.1. The molecular formula is C12H17BrN2OS. The van der Waals surface area contributed by atoms with E-state index in [0.29, 0.717) is 12.6 Å². The number of halogens is 1. The van der Waals surface area contributed by atoms with E-state index in [1.54, 1.807) is 11.3 Å². The van der Waals surface area contributed by atoms with Crippen molar-refractivity contribution in [1.82, 2.24) is 4.90 Å². The summed E-state index contributed by atoms with van der Waals surface area (Å²) >= 11 is 5.33. The first-order chi connectivity index (χ1) is 8.29. The van der Waals surface area contributed by atoms with Crippen molar-refractivity contribution >= 4 is 27.3 Å². The van der Waals surface area contributed by atoms with E-state index >= 15 is 0 Å². The molecule has 2 aliphatic rings. The Hall–Kier alpha value is 0.0600. The second-order valence-corrected chi connectivity index (χ2v) is 6.58. The van der Waals surface area contributed by atoms with Gasteiger partial charge in [0.1, 0.15) is 0 Å². The summed E-state index contributed by atoms with van der Waals surface area (Å²) in [6.45, 7) is 2.46. The molecule has 3 nitrogen and oxygen atoms in total. The van der Waals surface area contributed by atoms with Gasteiger partial charge in [-0.2, -0.15) is 0 Å². The van der Waals surface area contributed by atoms with Crippen molar-refractivity contribution in [3.8, 4) is 0 Å². The lowest BCUT2D eigenvalue weighted by Crippen LogP contribution is -2.48. The van der Waals surface area contributed by atoms with Gasteiger partial charge in [-0.15, -0.1) is 11.3 Å². The Kier molecular flexibility index (Phi) is 3.54. The maximum Gasteiger partial charge on any atom is 0.0902 e. The van der Waals surface area contributed by atoms with E-state index in [1.165, 1.54) is 17.7 Å². The van der Waals surface area contributed by atoms with Gasteiger partial charge in [0, 0.05) is 33.9 Å². The highest BCUT2D eigenvalue weighted by atomic mass is 79.9. The second-order valence-electron chi connectivity index (χ2n) is 4.73. The van der Waals surface area contributed by atoms with Gasteiger partial charge in [-0.05, 0) is 34.8 Å². The largest absolute Gasteiger partial charge is 0.374 e. The molecule has 1 saturated heterocycles. The smallest absolute Gasteiger partial charge is 0.0902 e. The molecule has 0 amide bonds. The quantitative estimate of drug-likeness (QED) is 0.930. The highest BCUT2D eigenvalue weighted by molar-refractivity contribution is 9.10. The SMILES string of the molecule is NCC1OCCN(C2CC2)C1c1cc(Br)cs1. The van der Waals surface area contributed by atoms with Crippen molar-refractivity contribution < 1.29 is 4.74 Å². The zero-order chi connectivity index (χ0) is 11.8. The molecule has 1 aliphatic carbocycles. The molecule has 2 N–H and O–H groups in total. The molecule has 1 aromatic rings. The molecule has 2 heterocycles. The van der Waals surface area contributed by atoms with Gasteiger partial charge >= 0.3 is 0 Å². The molecule has 1 aromatic heterocycles. The summed E-state index contributed by atoms with van der Waals surface area (Å²) in [6, 6.07) is 3.33. The van der Waals surface area contributed by atoms with Crippen LogP contribution in [0.3, 0.4) is 0 Å². The minimum absolute atomic E-state index is 0.148. The summed E-state index contributed by atoms with van der Waals surface area (Å²) < 4.78 is 7.00. The van der Waals surface area contributed by atoms with Gasteiger partial charge in [0.15, 0.2) is 0 Å². The van der Waals surface area contributed by atoms with Crippen LogP contribution in [0.25, 0.3) is 0 Å². The first-order valence-corrected chi connectivity index (χ1v) is 7.78. The van der Waals surface area contributed by atoms with E-state index in [2.05, 4.69) is 32.3 Å². The number of nitrogens with two attached hydrogens (primary N) is 1. The predicted molar refractivity (Wildman–Crippen MR) is 73.3 cm³/mol. The third-order valence-corrected chi connectivity index (χ3v) is 5.28.